The fourth-order valence-electron chi connectivity index (χ4n) is 3.19. The fourth-order valence-corrected chi connectivity index (χ4v) is 3.19. The summed E-state index contributed by atoms with van der Waals surface area (Å²) < 4.78 is 13.0. The van der Waals surface area contributed by atoms with Crippen molar-refractivity contribution in [3.05, 3.63) is 35.6 Å². The molecule has 2 unspecified atom stereocenters. The van der Waals surface area contributed by atoms with Crippen LogP contribution in [0.15, 0.2) is 24.3 Å². The number of benzene rings is 1. The van der Waals surface area contributed by atoms with Gasteiger partial charge in [-0.1, -0.05) is 25.0 Å². The first-order valence-corrected chi connectivity index (χ1v) is 8.33. The zero-order chi connectivity index (χ0) is 17.7. The van der Waals surface area contributed by atoms with E-state index in [1.807, 2.05) is 0 Å². The van der Waals surface area contributed by atoms with Gasteiger partial charge in [0.25, 0.3) is 0 Å². The van der Waals surface area contributed by atoms with Gasteiger partial charge in [0, 0.05) is 6.92 Å². The Balaban J connectivity index is 2.00. The van der Waals surface area contributed by atoms with Gasteiger partial charge in [-0.15, -0.1) is 0 Å². The normalized spacial score (nSPS) is 18.7. The van der Waals surface area contributed by atoms with Gasteiger partial charge in [0.2, 0.25) is 11.8 Å². The number of aliphatic hydroxyl groups is 1. The molecule has 1 aliphatic carbocycles. The SMILES string of the molecule is CC(=O)NC(C(=O)NCC(C)(O)c1ccc(F)cc1)C1CCCC1. The minimum atomic E-state index is -1.32. The summed E-state index contributed by atoms with van der Waals surface area (Å²) in [4.78, 5) is 23.9. The molecule has 1 fully saturated rings. The van der Waals surface area contributed by atoms with E-state index < -0.39 is 11.6 Å². The van der Waals surface area contributed by atoms with E-state index in [4.69, 9.17) is 0 Å². The smallest absolute Gasteiger partial charge is 0.242 e. The quantitative estimate of drug-likeness (QED) is 0.742. The van der Waals surface area contributed by atoms with Crippen molar-refractivity contribution >= 4 is 11.8 Å². The number of carbonyl (C=O) groups excluding carboxylic acids is 2. The predicted molar refractivity (Wildman–Crippen MR) is 88.5 cm³/mol. The second kappa shape index (κ2) is 7.75. The van der Waals surface area contributed by atoms with Crippen LogP contribution >= 0.6 is 0 Å². The van der Waals surface area contributed by atoms with Crippen LogP contribution in [0.25, 0.3) is 0 Å². The Kier molecular flexibility index (Phi) is 5.94. The van der Waals surface area contributed by atoms with Crippen LogP contribution in [0, 0.1) is 11.7 Å². The lowest BCUT2D eigenvalue weighted by Crippen LogP contribution is -2.52. The standard InChI is InChI=1S/C18H25FN2O3/c1-12(22)21-16(13-5-3-4-6-13)17(23)20-11-18(2,24)14-7-9-15(19)10-8-14/h7-10,13,16,24H,3-6,11H2,1-2H3,(H,20,23)(H,21,22). The summed E-state index contributed by atoms with van der Waals surface area (Å²) in [6.07, 6.45) is 3.93. The number of halogens is 1. The highest BCUT2D eigenvalue weighted by molar-refractivity contribution is 5.87. The van der Waals surface area contributed by atoms with E-state index in [0.717, 1.165) is 25.7 Å². The van der Waals surface area contributed by atoms with Gasteiger partial charge in [-0.2, -0.15) is 0 Å². The van der Waals surface area contributed by atoms with E-state index in [9.17, 15) is 19.1 Å². The summed E-state index contributed by atoms with van der Waals surface area (Å²) >= 11 is 0. The minimum absolute atomic E-state index is 0.0136. The Morgan fingerprint density at radius 1 is 1.29 bits per heavy atom. The van der Waals surface area contributed by atoms with Crippen molar-refractivity contribution in [2.24, 2.45) is 5.92 Å². The largest absolute Gasteiger partial charge is 0.384 e. The van der Waals surface area contributed by atoms with Gasteiger partial charge in [0.15, 0.2) is 0 Å². The van der Waals surface area contributed by atoms with Crippen LogP contribution in [0.4, 0.5) is 4.39 Å². The summed E-state index contributed by atoms with van der Waals surface area (Å²) in [5.74, 6) is -0.790. The molecule has 0 bridgehead atoms. The molecule has 5 nitrogen and oxygen atoms in total. The maximum Gasteiger partial charge on any atom is 0.242 e. The van der Waals surface area contributed by atoms with E-state index >= 15 is 0 Å². The summed E-state index contributed by atoms with van der Waals surface area (Å²) in [6, 6.07) is 4.94. The number of carbonyl (C=O) groups is 2. The van der Waals surface area contributed by atoms with Crippen LogP contribution in [0.2, 0.25) is 0 Å². The third-order valence-corrected chi connectivity index (χ3v) is 4.59. The summed E-state index contributed by atoms with van der Waals surface area (Å²) in [5.41, 5.74) is -0.805. The Labute approximate surface area is 141 Å². The average molecular weight is 336 g/mol. The van der Waals surface area contributed by atoms with E-state index in [1.165, 1.54) is 31.2 Å². The highest BCUT2D eigenvalue weighted by Gasteiger charge is 2.32. The number of nitrogens with one attached hydrogen (secondary N) is 2. The van der Waals surface area contributed by atoms with Crippen molar-refractivity contribution in [3.8, 4) is 0 Å². The Hall–Kier alpha value is -1.95. The highest BCUT2D eigenvalue weighted by Crippen LogP contribution is 2.28. The van der Waals surface area contributed by atoms with Crippen molar-refractivity contribution in [1.29, 1.82) is 0 Å². The molecule has 1 aliphatic rings. The lowest BCUT2D eigenvalue weighted by atomic mass is 9.94. The zero-order valence-corrected chi connectivity index (χ0v) is 14.1. The molecule has 0 radical (unpaired) electrons. The molecule has 2 atom stereocenters. The molecular formula is C18H25FN2O3. The molecule has 0 aliphatic heterocycles. The molecule has 24 heavy (non-hydrogen) atoms. The van der Waals surface area contributed by atoms with Gasteiger partial charge >= 0.3 is 0 Å². The molecule has 1 saturated carbocycles. The first-order chi connectivity index (χ1) is 11.3. The summed E-state index contributed by atoms with van der Waals surface area (Å²) in [5, 5.41) is 16.0. The molecule has 2 amide bonds. The molecule has 3 N–H and O–H groups in total. The lowest BCUT2D eigenvalue weighted by molar-refractivity contribution is -0.130. The van der Waals surface area contributed by atoms with Crippen molar-refractivity contribution in [2.45, 2.75) is 51.2 Å². The van der Waals surface area contributed by atoms with Crippen LogP contribution in [-0.4, -0.2) is 29.5 Å². The van der Waals surface area contributed by atoms with Crippen molar-refractivity contribution in [1.82, 2.24) is 10.6 Å². The third-order valence-electron chi connectivity index (χ3n) is 4.59. The Morgan fingerprint density at radius 2 is 1.88 bits per heavy atom. The van der Waals surface area contributed by atoms with Crippen LogP contribution in [-0.2, 0) is 15.2 Å². The van der Waals surface area contributed by atoms with Gasteiger partial charge < -0.3 is 15.7 Å². The van der Waals surface area contributed by atoms with E-state index in [2.05, 4.69) is 10.6 Å². The topological polar surface area (TPSA) is 78.4 Å². The molecule has 1 aromatic carbocycles. The zero-order valence-electron chi connectivity index (χ0n) is 14.1. The first kappa shape index (κ1) is 18.4. The number of hydrogen-bond donors (Lipinski definition) is 3. The number of hydrogen-bond acceptors (Lipinski definition) is 3. The lowest BCUT2D eigenvalue weighted by Gasteiger charge is -2.28. The summed E-state index contributed by atoms with van der Waals surface area (Å²) in [7, 11) is 0. The predicted octanol–water partition coefficient (Wildman–Crippen LogP) is 1.84. The average Bonchev–Trinajstić information content (AvgIpc) is 3.05. The van der Waals surface area contributed by atoms with Gasteiger partial charge in [0.1, 0.15) is 17.5 Å². The van der Waals surface area contributed by atoms with Crippen LogP contribution < -0.4 is 10.6 Å². The van der Waals surface area contributed by atoms with Gasteiger partial charge in [-0.05, 0) is 43.4 Å². The molecule has 0 saturated heterocycles. The molecule has 132 valence electrons. The second-order valence-corrected chi connectivity index (χ2v) is 6.72. The van der Waals surface area contributed by atoms with Crippen LogP contribution in [0.1, 0.15) is 45.1 Å². The van der Waals surface area contributed by atoms with E-state index in [-0.39, 0.29) is 30.1 Å². The maximum absolute atomic E-state index is 13.0. The van der Waals surface area contributed by atoms with Gasteiger partial charge in [-0.25, -0.2) is 4.39 Å². The molecular weight excluding hydrogens is 311 g/mol. The Bertz CT molecular complexity index is 580. The number of amides is 2. The van der Waals surface area contributed by atoms with Crippen LogP contribution in [0.3, 0.4) is 0 Å². The van der Waals surface area contributed by atoms with E-state index in [1.54, 1.807) is 6.92 Å². The van der Waals surface area contributed by atoms with Crippen LogP contribution in [0.5, 0.6) is 0 Å². The fraction of sp³-hybridized carbons (Fsp3) is 0.556. The molecule has 6 heteroatoms. The van der Waals surface area contributed by atoms with Gasteiger partial charge in [0.05, 0.1) is 6.54 Å². The second-order valence-electron chi connectivity index (χ2n) is 6.72. The number of rotatable bonds is 6. The first-order valence-electron chi connectivity index (χ1n) is 8.33. The minimum Gasteiger partial charge on any atom is -0.384 e. The third kappa shape index (κ3) is 4.77. The molecule has 1 aromatic rings. The monoisotopic (exact) mass is 336 g/mol. The molecule has 2 rings (SSSR count). The Morgan fingerprint density at radius 3 is 2.42 bits per heavy atom. The van der Waals surface area contributed by atoms with Crippen molar-refractivity contribution < 1.29 is 19.1 Å². The highest BCUT2D eigenvalue weighted by atomic mass is 19.1. The molecule has 0 aromatic heterocycles. The van der Waals surface area contributed by atoms with E-state index in [0.29, 0.717) is 5.56 Å². The maximum atomic E-state index is 13.0. The van der Waals surface area contributed by atoms with Crippen molar-refractivity contribution in [3.63, 3.8) is 0 Å². The summed E-state index contributed by atoms with van der Waals surface area (Å²) in [6.45, 7) is 2.94. The van der Waals surface area contributed by atoms with Crippen molar-refractivity contribution in [2.75, 3.05) is 6.54 Å². The molecule has 0 heterocycles. The van der Waals surface area contributed by atoms with Gasteiger partial charge in [-0.3, -0.25) is 9.59 Å². The molecule has 0 spiro atoms.